The lowest BCUT2D eigenvalue weighted by Gasteiger charge is -2.26. The highest BCUT2D eigenvalue weighted by Crippen LogP contribution is 2.35. The number of morpholine rings is 1. The summed E-state index contributed by atoms with van der Waals surface area (Å²) in [6, 6.07) is 9.80. The first-order valence-corrected chi connectivity index (χ1v) is 12.2. The van der Waals surface area contributed by atoms with E-state index in [1.165, 1.54) is 0 Å². The van der Waals surface area contributed by atoms with Gasteiger partial charge in [-0.15, -0.1) is 33.1 Å². The zero-order valence-corrected chi connectivity index (χ0v) is 19.6. The Morgan fingerprint density at radius 2 is 1.97 bits per heavy atom. The first-order chi connectivity index (χ1) is 15.7. The monoisotopic (exact) mass is 489 g/mol. The van der Waals surface area contributed by atoms with Crippen molar-refractivity contribution in [1.29, 1.82) is 0 Å². The molecule has 0 radical (unpaired) electrons. The van der Waals surface area contributed by atoms with Crippen LogP contribution in [0, 0.1) is 0 Å². The number of hydrogen-bond acceptors (Lipinski definition) is 6. The van der Waals surface area contributed by atoms with E-state index in [1.807, 2.05) is 33.7 Å². The number of thiophene rings is 1. The van der Waals surface area contributed by atoms with Gasteiger partial charge in [0.1, 0.15) is 11.5 Å². The third-order valence-corrected chi connectivity index (χ3v) is 7.34. The molecule has 7 nitrogen and oxygen atoms in total. The molecule has 10 heteroatoms. The number of aromatic nitrogens is 3. The summed E-state index contributed by atoms with van der Waals surface area (Å²) in [5.74, 6) is 1.82. The Morgan fingerprint density at radius 3 is 2.75 bits per heavy atom. The fourth-order valence-corrected chi connectivity index (χ4v) is 5.58. The number of fused-ring (bicyclic) bond motifs is 3. The average Bonchev–Trinajstić information content (AvgIpc) is 3.39. The lowest BCUT2D eigenvalue weighted by molar-refractivity contribution is -0.135. The van der Waals surface area contributed by atoms with Gasteiger partial charge in [-0.1, -0.05) is 29.8 Å². The van der Waals surface area contributed by atoms with Gasteiger partial charge >= 0.3 is 0 Å². The van der Waals surface area contributed by atoms with Crippen LogP contribution in [0.5, 0.6) is 0 Å². The molecule has 1 aromatic carbocycles. The zero-order valence-electron chi connectivity index (χ0n) is 17.3. The van der Waals surface area contributed by atoms with E-state index in [9.17, 15) is 4.79 Å². The minimum Gasteiger partial charge on any atom is -0.378 e. The number of aliphatic imine (C=N–C) groups is 1. The van der Waals surface area contributed by atoms with E-state index in [4.69, 9.17) is 32.9 Å². The van der Waals surface area contributed by atoms with Gasteiger partial charge in [0.15, 0.2) is 11.6 Å². The SMILES string of the molecule is O=C(CCc1cc2c(s1)-n1c(CCl)nnc1CN=C2c1ccccc1Cl)N1CCOCC1. The molecule has 0 aliphatic carbocycles. The maximum atomic E-state index is 12.6. The highest BCUT2D eigenvalue weighted by molar-refractivity contribution is 7.15. The van der Waals surface area contributed by atoms with E-state index in [0.29, 0.717) is 56.5 Å². The molecule has 2 aliphatic rings. The number of aryl methyl sites for hydroxylation is 1. The van der Waals surface area contributed by atoms with Gasteiger partial charge in [0.25, 0.3) is 0 Å². The van der Waals surface area contributed by atoms with Crippen LogP contribution in [0.15, 0.2) is 35.3 Å². The van der Waals surface area contributed by atoms with E-state index in [2.05, 4.69) is 16.3 Å². The van der Waals surface area contributed by atoms with Crippen molar-refractivity contribution in [1.82, 2.24) is 19.7 Å². The Balaban J connectivity index is 1.50. The van der Waals surface area contributed by atoms with Crippen LogP contribution in [0.2, 0.25) is 5.02 Å². The van der Waals surface area contributed by atoms with Crippen LogP contribution < -0.4 is 0 Å². The van der Waals surface area contributed by atoms with Gasteiger partial charge in [-0.3, -0.25) is 14.4 Å². The molecule has 5 rings (SSSR count). The summed E-state index contributed by atoms with van der Waals surface area (Å²) in [6.07, 6.45) is 1.10. The number of alkyl halides is 1. The Kier molecular flexibility index (Phi) is 6.28. The van der Waals surface area contributed by atoms with E-state index >= 15 is 0 Å². The summed E-state index contributed by atoms with van der Waals surface area (Å²) in [5.41, 5.74) is 2.65. The summed E-state index contributed by atoms with van der Waals surface area (Å²) in [4.78, 5) is 20.5. The van der Waals surface area contributed by atoms with Gasteiger partial charge in [-0.25, -0.2) is 0 Å². The number of hydrogen-bond donors (Lipinski definition) is 0. The number of nitrogens with zero attached hydrogens (tertiary/aromatic N) is 5. The van der Waals surface area contributed by atoms with E-state index in [0.717, 1.165) is 32.5 Å². The third-order valence-electron chi connectivity index (χ3n) is 5.59. The minimum absolute atomic E-state index is 0.156. The highest BCUT2D eigenvalue weighted by atomic mass is 35.5. The summed E-state index contributed by atoms with van der Waals surface area (Å²) < 4.78 is 7.34. The maximum Gasteiger partial charge on any atom is 0.223 e. The van der Waals surface area contributed by atoms with Crippen LogP contribution in [0.3, 0.4) is 0 Å². The number of benzene rings is 1. The first-order valence-electron chi connectivity index (χ1n) is 10.4. The molecule has 1 saturated heterocycles. The first kappa shape index (κ1) is 21.6. The molecule has 0 unspecified atom stereocenters. The highest BCUT2D eigenvalue weighted by Gasteiger charge is 2.26. The molecule has 166 valence electrons. The van der Waals surface area contributed by atoms with Crippen molar-refractivity contribution in [2.75, 3.05) is 26.3 Å². The van der Waals surface area contributed by atoms with Crippen molar-refractivity contribution in [3.8, 4) is 5.00 Å². The number of amides is 1. The Hall–Kier alpha value is -2.26. The van der Waals surface area contributed by atoms with Crippen LogP contribution in [0.1, 0.15) is 34.1 Å². The largest absolute Gasteiger partial charge is 0.378 e. The molecule has 32 heavy (non-hydrogen) atoms. The third kappa shape index (κ3) is 4.08. The van der Waals surface area contributed by atoms with Crippen molar-refractivity contribution in [2.45, 2.75) is 25.3 Å². The second-order valence-corrected chi connectivity index (χ2v) is 9.36. The molecular weight excluding hydrogens is 469 g/mol. The molecule has 3 aromatic rings. The minimum atomic E-state index is 0.156. The summed E-state index contributed by atoms with van der Waals surface area (Å²) in [5, 5.41) is 10.1. The van der Waals surface area contributed by atoms with E-state index in [-0.39, 0.29) is 11.8 Å². The quantitative estimate of drug-likeness (QED) is 0.510. The molecule has 0 atom stereocenters. The van der Waals surface area contributed by atoms with Crippen molar-refractivity contribution >= 4 is 46.2 Å². The average molecular weight is 490 g/mol. The Bertz CT molecular complexity index is 1180. The van der Waals surface area contributed by atoms with Crippen LogP contribution in [0.25, 0.3) is 5.00 Å². The number of ether oxygens (including phenoxy) is 1. The molecule has 2 aliphatic heterocycles. The molecule has 4 heterocycles. The van der Waals surface area contributed by atoms with Crippen molar-refractivity contribution in [3.63, 3.8) is 0 Å². The molecule has 0 spiro atoms. The van der Waals surface area contributed by atoms with E-state index < -0.39 is 0 Å². The fourth-order valence-electron chi connectivity index (χ4n) is 3.99. The second kappa shape index (κ2) is 9.31. The summed E-state index contributed by atoms with van der Waals surface area (Å²) in [7, 11) is 0. The number of carbonyl (C=O) groups is 1. The predicted octanol–water partition coefficient (Wildman–Crippen LogP) is 3.86. The van der Waals surface area contributed by atoms with Gasteiger partial charge in [0.2, 0.25) is 5.91 Å². The maximum absolute atomic E-state index is 12.6. The number of carbonyl (C=O) groups excluding carboxylic acids is 1. The van der Waals surface area contributed by atoms with Crippen LogP contribution >= 0.6 is 34.5 Å². The summed E-state index contributed by atoms with van der Waals surface area (Å²) >= 11 is 14.3. The Morgan fingerprint density at radius 1 is 1.16 bits per heavy atom. The van der Waals surface area contributed by atoms with Crippen LogP contribution in [-0.2, 0) is 28.4 Å². The van der Waals surface area contributed by atoms with Crippen LogP contribution in [-0.4, -0.2) is 57.6 Å². The molecule has 0 N–H and O–H groups in total. The zero-order chi connectivity index (χ0) is 22.1. The standard InChI is InChI=1S/C22H21Cl2N5O2S/c23-12-18-26-27-19-13-25-21(15-3-1-2-4-17(15)24)16-11-14(32-22(16)29(18)19)5-6-20(30)28-7-9-31-10-8-28/h1-4,11H,5-10,12-13H2. The van der Waals surface area contributed by atoms with Gasteiger partial charge in [0.05, 0.1) is 24.8 Å². The smallest absolute Gasteiger partial charge is 0.223 e. The fraction of sp³-hybridized carbons (Fsp3) is 0.364. The van der Waals surface area contributed by atoms with E-state index in [1.54, 1.807) is 11.3 Å². The van der Waals surface area contributed by atoms with Crippen molar-refractivity contribution < 1.29 is 9.53 Å². The van der Waals surface area contributed by atoms with Gasteiger partial charge < -0.3 is 9.64 Å². The Labute approximate surface area is 199 Å². The van der Waals surface area contributed by atoms with Gasteiger partial charge in [-0.05, 0) is 18.6 Å². The van der Waals surface area contributed by atoms with Crippen LogP contribution in [0.4, 0.5) is 0 Å². The lowest BCUT2D eigenvalue weighted by atomic mass is 10.0. The molecule has 0 saturated carbocycles. The topological polar surface area (TPSA) is 72.6 Å². The molecule has 1 amide bonds. The molecular formula is C22H21Cl2N5O2S. The molecule has 0 bridgehead atoms. The molecule has 2 aromatic heterocycles. The predicted molar refractivity (Wildman–Crippen MR) is 125 cm³/mol. The summed E-state index contributed by atoms with van der Waals surface area (Å²) in [6.45, 7) is 2.91. The van der Waals surface area contributed by atoms with Crippen molar-refractivity contribution in [2.24, 2.45) is 4.99 Å². The lowest BCUT2D eigenvalue weighted by Crippen LogP contribution is -2.40. The number of halogens is 2. The van der Waals surface area contributed by atoms with Gasteiger partial charge in [-0.2, -0.15) is 0 Å². The normalized spacial score (nSPS) is 15.7. The second-order valence-electron chi connectivity index (χ2n) is 7.57. The number of rotatable bonds is 5. The van der Waals surface area contributed by atoms with Crippen molar-refractivity contribution in [3.05, 3.63) is 63.0 Å². The van der Waals surface area contributed by atoms with Gasteiger partial charge in [0, 0.05) is 40.5 Å². The molecule has 1 fully saturated rings.